The van der Waals surface area contributed by atoms with Crippen LogP contribution in [0, 0.1) is 0 Å². The molecule has 13 heavy (non-hydrogen) atoms. The quantitative estimate of drug-likeness (QED) is 0.512. The third-order valence-corrected chi connectivity index (χ3v) is 3.32. The number of hydrogen-bond acceptors (Lipinski definition) is 4. The summed E-state index contributed by atoms with van der Waals surface area (Å²) in [5.74, 6) is 0. The van der Waals surface area contributed by atoms with E-state index in [0.717, 1.165) is 19.4 Å². The highest BCUT2D eigenvalue weighted by Crippen LogP contribution is 2.30. The molecule has 0 aromatic heterocycles. The summed E-state index contributed by atoms with van der Waals surface area (Å²) in [7, 11) is 0. The number of rotatable bonds is 2. The third kappa shape index (κ3) is 1.72. The maximum Gasteiger partial charge on any atom is 0.102 e. The maximum absolute atomic E-state index is 9.78. The van der Waals surface area contributed by atoms with Gasteiger partial charge in [-0.15, -0.1) is 0 Å². The van der Waals surface area contributed by atoms with Crippen LogP contribution in [-0.2, 0) is 0 Å². The first-order valence-corrected chi connectivity index (χ1v) is 4.96. The molecule has 2 aliphatic rings. The Morgan fingerprint density at radius 3 is 2.62 bits per heavy atom. The van der Waals surface area contributed by atoms with Crippen LogP contribution < -0.4 is 5.73 Å². The fraction of sp³-hybridized carbons (Fsp3) is 1.00. The first-order chi connectivity index (χ1) is 6.13. The van der Waals surface area contributed by atoms with E-state index in [1.165, 1.54) is 0 Å². The summed E-state index contributed by atoms with van der Waals surface area (Å²) in [6.45, 7) is 1.39. The van der Waals surface area contributed by atoms with Gasteiger partial charge in [0.15, 0.2) is 0 Å². The zero-order valence-corrected chi connectivity index (χ0v) is 7.82. The molecule has 0 bridgehead atoms. The Morgan fingerprint density at radius 2 is 2.15 bits per heavy atom. The number of aliphatic hydroxyl groups excluding tert-OH is 1. The highest BCUT2D eigenvalue weighted by molar-refractivity contribution is 4.97. The zero-order valence-electron chi connectivity index (χ0n) is 7.82. The second kappa shape index (κ2) is 3.20. The lowest BCUT2D eigenvalue weighted by molar-refractivity contribution is -0.0130. The summed E-state index contributed by atoms with van der Waals surface area (Å²) in [5.41, 5.74) is 4.85. The second-order valence-electron chi connectivity index (χ2n) is 4.49. The SMILES string of the molecule is NC1CC(N2CCC(O)(CO)C2)C1. The van der Waals surface area contributed by atoms with E-state index in [1.807, 2.05) is 0 Å². The first kappa shape index (κ1) is 9.40. The van der Waals surface area contributed by atoms with Crippen LogP contribution >= 0.6 is 0 Å². The Morgan fingerprint density at radius 1 is 1.46 bits per heavy atom. The highest BCUT2D eigenvalue weighted by Gasteiger charge is 2.41. The molecule has 0 aromatic carbocycles. The largest absolute Gasteiger partial charge is 0.393 e. The number of β-amino-alcohol motifs (C(OH)–C–C–N with tert-alkyl or cyclic N) is 1. The van der Waals surface area contributed by atoms with Crippen LogP contribution in [0.2, 0.25) is 0 Å². The van der Waals surface area contributed by atoms with Gasteiger partial charge < -0.3 is 15.9 Å². The average Bonchev–Trinajstić information content (AvgIpc) is 2.43. The van der Waals surface area contributed by atoms with Crippen LogP contribution in [0.15, 0.2) is 0 Å². The molecule has 2 rings (SSSR count). The van der Waals surface area contributed by atoms with E-state index in [0.29, 0.717) is 25.0 Å². The zero-order chi connectivity index (χ0) is 9.47. The highest BCUT2D eigenvalue weighted by atomic mass is 16.3. The fourth-order valence-corrected chi connectivity index (χ4v) is 2.26. The molecule has 0 spiro atoms. The minimum Gasteiger partial charge on any atom is -0.393 e. The Bertz CT molecular complexity index is 194. The predicted octanol–water partition coefficient (Wildman–Crippen LogP) is -1.09. The lowest BCUT2D eigenvalue weighted by Gasteiger charge is -2.39. The van der Waals surface area contributed by atoms with Gasteiger partial charge in [0.05, 0.1) is 6.61 Å². The molecule has 1 saturated heterocycles. The van der Waals surface area contributed by atoms with Gasteiger partial charge in [0.1, 0.15) is 5.60 Å². The second-order valence-corrected chi connectivity index (χ2v) is 4.49. The van der Waals surface area contributed by atoms with Gasteiger partial charge in [0, 0.05) is 25.2 Å². The van der Waals surface area contributed by atoms with E-state index >= 15 is 0 Å². The van der Waals surface area contributed by atoms with Gasteiger partial charge in [0.25, 0.3) is 0 Å². The molecule has 4 N–H and O–H groups in total. The summed E-state index contributed by atoms with van der Waals surface area (Å²) >= 11 is 0. The molecule has 2 fully saturated rings. The molecule has 1 unspecified atom stereocenters. The lowest BCUT2D eigenvalue weighted by Crippen LogP contribution is -2.51. The van der Waals surface area contributed by atoms with E-state index in [-0.39, 0.29) is 6.61 Å². The Hall–Kier alpha value is -0.160. The van der Waals surface area contributed by atoms with Crippen LogP contribution in [0.4, 0.5) is 0 Å². The maximum atomic E-state index is 9.78. The van der Waals surface area contributed by atoms with Crippen LogP contribution in [0.1, 0.15) is 19.3 Å². The monoisotopic (exact) mass is 186 g/mol. The standard InChI is InChI=1S/C9H18N2O2/c10-7-3-8(4-7)11-2-1-9(13,5-11)6-12/h7-8,12-13H,1-6,10H2. The molecule has 1 heterocycles. The van der Waals surface area contributed by atoms with E-state index < -0.39 is 5.60 Å². The molecule has 1 saturated carbocycles. The van der Waals surface area contributed by atoms with Gasteiger partial charge in [-0.1, -0.05) is 0 Å². The van der Waals surface area contributed by atoms with E-state index in [2.05, 4.69) is 4.90 Å². The normalized spacial score (nSPS) is 46.4. The number of hydrogen-bond donors (Lipinski definition) is 3. The van der Waals surface area contributed by atoms with Crippen molar-refractivity contribution in [2.24, 2.45) is 5.73 Å². The lowest BCUT2D eigenvalue weighted by atomic mass is 9.86. The van der Waals surface area contributed by atoms with Gasteiger partial charge in [-0.25, -0.2) is 0 Å². The molecule has 4 nitrogen and oxygen atoms in total. The molecule has 1 aliphatic carbocycles. The van der Waals surface area contributed by atoms with Gasteiger partial charge in [-0.2, -0.15) is 0 Å². The average molecular weight is 186 g/mol. The molecule has 0 radical (unpaired) electrons. The molecule has 76 valence electrons. The predicted molar refractivity (Wildman–Crippen MR) is 49.2 cm³/mol. The van der Waals surface area contributed by atoms with Crippen molar-refractivity contribution in [3.05, 3.63) is 0 Å². The summed E-state index contributed by atoms with van der Waals surface area (Å²) in [5, 5.41) is 18.7. The van der Waals surface area contributed by atoms with E-state index in [9.17, 15) is 5.11 Å². The number of nitrogens with two attached hydrogens (primary N) is 1. The molecular formula is C9H18N2O2. The minimum absolute atomic E-state index is 0.123. The molecular weight excluding hydrogens is 168 g/mol. The minimum atomic E-state index is -0.848. The Kier molecular flexibility index (Phi) is 2.32. The molecule has 0 amide bonds. The molecule has 1 atom stereocenters. The van der Waals surface area contributed by atoms with Crippen molar-refractivity contribution in [1.82, 2.24) is 4.90 Å². The molecule has 0 aromatic rings. The van der Waals surface area contributed by atoms with Gasteiger partial charge in [-0.05, 0) is 19.3 Å². The van der Waals surface area contributed by atoms with Crippen LogP contribution in [0.3, 0.4) is 0 Å². The van der Waals surface area contributed by atoms with Crippen molar-refractivity contribution in [3.8, 4) is 0 Å². The van der Waals surface area contributed by atoms with E-state index in [1.54, 1.807) is 0 Å². The van der Waals surface area contributed by atoms with Crippen molar-refractivity contribution in [1.29, 1.82) is 0 Å². The van der Waals surface area contributed by atoms with Crippen molar-refractivity contribution in [2.75, 3.05) is 19.7 Å². The number of likely N-dealkylation sites (tertiary alicyclic amines) is 1. The van der Waals surface area contributed by atoms with Gasteiger partial charge >= 0.3 is 0 Å². The van der Waals surface area contributed by atoms with Crippen LogP contribution in [0.5, 0.6) is 0 Å². The molecule has 4 heteroatoms. The Labute approximate surface area is 78.3 Å². The first-order valence-electron chi connectivity index (χ1n) is 4.96. The topological polar surface area (TPSA) is 69.7 Å². The van der Waals surface area contributed by atoms with Crippen LogP contribution in [0.25, 0.3) is 0 Å². The third-order valence-electron chi connectivity index (χ3n) is 3.32. The van der Waals surface area contributed by atoms with E-state index in [4.69, 9.17) is 10.8 Å². The smallest absolute Gasteiger partial charge is 0.102 e. The van der Waals surface area contributed by atoms with Crippen molar-refractivity contribution in [2.45, 2.75) is 36.9 Å². The van der Waals surface area contributed by atoms with Crippen molar-refractivity contribution in [3.63, 3.8) is 0 Å². The summed E-state index contributed by atoms with van der Waals surface area (Å²) < 4.78 is 0. The molecule has 1 aliphatic heterocycles. The van der Waals surface area contributed by atoms with Crippen molar-refractivity contribution < 1.29 is 10.2 Å². The summed E-state index contributed by atoms with van der Waals surface area (Å²) in [4.78, 5) is 2.25. The number of nitrogens with zero attached hydrogens (tertiary/aromatic N) is 1. The summed E-state index contributed by atoms with van der Waals surface area (Å²) in [6.07, 6.45) is 2.78. The van der Waals surface area contributed by atoms with Crippen LogP contribution in [-0.4, -0.2) is 52.5 Å². The van der Waals surface area contributed by atoms with Gasteiger partial charge in [-0.3, -0.25) is 4.90 Å². The number of aliphatic hydroxyl groups is 2. The summed E-state index contributed by atoms with van der Waals surface area (Å²) in [6, 6.07) is 0.906. The fourth-order valence-electron chi connectivity index (χ4n) is 2.26. The van der Waals surface area contributed by atoms with Crippen molar-refractivity contribution >= 4 is 0 Å². The Balaban J connectivity index is 1.85. The van der Waals surface area contributed by atoms with Gasteiger partial charge in [0.2, 0.25) is 0 Å².